The van der Waals surface area contributed by atoms with E-state index >= 15 is 0 Å². The first-order chi connectivity index (χ1) is 15.8. The van der Waals surface area contributed by atoms with Gasteiger partial charge >= 0.3 is 6.09 Å². The summed E-state index contributed by atoms with van der Waals surface area (Å²) in [5.74, 6) is 7.24. The van der Waals surface area contributed by atoms with Crippen molar-refractivity contribution in [2.75, 3.05) is 20.7 Å². The lowest BCUT2D eigenvalue weighted by Gasteiger charge is -2.24. The molecule has 0 aliphatic heterocycles. The number of carbonyl (C=O) groups is 1. The Bertz CT molecular complexity index is 960. The Morgan fingerprint density at radius 2 is 1.85 bits per heavy atom. The smallest absolute Gasteiger partial charge is 0.410 e. The molecule has 0 atom stereocenters. The SMILES string of the molecule is Cc1nc(/C(N)=C(\COC(=O)N(C)Cc2ncccn2)N(C)N)ccc1OC1CCCCC1. The molecule has 3 rings (SSSR count). The van der Waals surface area contributed by atoms with E-state index < -0.39 is 6.09 Å². The number of aromatic nitrogens is 3. The number of pyridine rings is 1. The van der Waals surface area contributed by atoms with Gasteiger partial charge in [-0.05, 0) is 50.8 Å². The van der Waals surface area contributed by atoms with E-state index in [9.17, 15) is 4.79 Å². The Labute approximate surface area is 194 Å². The van der Waals surface area contributed by atoms with Gasteiger partial charge in [-0.25, -0.2) is 25.6 Å². The van der Waals surface area contributed by atoms with Crippen LogP contribution in [0, 0.1) is 6.92 Å². The van der Waals surface area contributed by atoms with Crippen molar-refractivity contribution in [1.82, 2.24) is 24.9 Å². The second-order valence-corrected chi connectivity index (χ2v) is 8.20. The van der Waals surface area contributed by atoms with E-state index in [1.165, 1.54) is 29.2 Å². The molecule has 1 amide bonds. The van der Waals surface area contributed by atoms with Gasteiger partial charge in [0.1, 0.15) is 18.2 Å². The maximum atomic E-state index is 12.4. The van der Waals surface area contributed by atoms with Gasteiger partial charge in [0, 0.05) is 26.5 Å². The number of ether oxygens (including phenoxy) is 2. The standard InChI is InChI=1S/C23H33N7O3/c1-16-20(33-17-8-5-4-6-9-17)11-10-18(28-16)22(24)19(30(3)25)15-32-23(31)29(2)14-21-26-12-7-13-27-21/h7,10-13,17H,4-6,8-9,14-15,24-25H2,1-3H3/b22-19-. The maximum Gasteiger partial charge on any atom is 0.410 e. The van der Waals surface area contributed by atoms with Crippen LogP contribution in [0.25, 0.3) is 5.70 Å². The van der Waals surface area contributed by atoms with E-state index in [0.29, 0.717) is 22.9 Å². The Morgan fingerprint density at radius 3 is 2.48 bits per heavy atom. The van der Waals surface area contributed by atoms with Crippen molar-refractivity contribution in [3.05, 3.63) is 53.5 Å². The fraction of sp³-hybridized carbons (Fsp3) is 0.478. The molecule has 178 valence electrons. The fourth-order valence-electron chi connectivity index (χ4n) is 3.63. The van der Waals surface area contributed by atoms with Crippen LogP contribution in [-0.4, -0.2) is 57.8 Å². The molecular weight excluding hydrogens is 422 g/mol. The molecule has 1 saturated carbocycles. The molecule has 4 N–H and O–H groups in total. The van der Waals surface area contributed by atoms with Crippen LogP contribution in [0.1, 0.15) is 49.3 Å². The van der Waals surface area contributed by atoms with Gasteiger partial charge in [0.25, 0.3) is 0 Å². The summed E-state index contributed by atoms with van der Waals surface area (Å²) in [6.45, 7) is 2.00. The molecule has 10 heteroatoms. The van der Waals surface area contributed by atoms with Crippen molar-refractivity contribution in [3.63, 3.8) is 0 Å². The first-order valence-corrected chi connectivity index (χ1v) is 11.1. The third kappa shape index (κ3) is 6.79. The quantitative estimate of drug-likeness (QED) is 0.455. The Balaban J connectivity index is 1.66. The molecule has 33 heavy (non-hydrogen) atoms. The van der Waals surface area contributed by atoms with E-state index in [0.717, 1.165) is 24.3 Å². The molecular formula is C23H33N7O3. The Kier molecular flexibility index (Phi) is 8.42. The summed E-state index contributed by atoms with van der Waals surface area (Å²) in [7, 11) is 3.23. The number of hydrazine groups is 1. The number of rotatable bonds is 8. The molecule has 1 aliphatic carbocycles. The van der Waals surface area contributed by atoms with Crippen LogP contribution in [-0.2, 0) is 11.3 Å². The monoisotopic (exact) mass is 455 g/mol. The van der Waals surface area contributed by atoms with Crippen LogP contribution in [0.3, 0.4) is 0 Å². The van der Waals surface area contributed by atoms with Crippen molar-refractivity contribution in [2.45, 2.75) is 51.7 Å². The third-order valence-electron chi connectivity index (χ3n) is 5.54. The number of likely N-dealkylation sites (N-methyl/N-ethyl adjacent to an activating group) is 1. The highest BCUT2D eigenvalue weighted by Crippen LogP contribution is 2.26. The van der Waals surface area contributed by atoms with Crippen LogP contribution in [0.4, 0.5) is 4.79 Å². The molecule has 2 aromatic rings. The normalized spacial score (nSPS) is 14.9. The molecule has 0 saturated heterocycles. The van der Waals surface area contributed by atoms with Gasteiger partial charge in [0.15, 0.2) is 0 Å². The average Bonchev–Trinajstić information content (AvgIpc) is 2.81. The topological polar surface area (TPSA) is 133 Å². The minimum absolute atomic E-state index is 0.112. The number of hydrogen-bond acceptors (Lipinski definition) is 9. The number of hydrogen-bond donors (Lipinski definition) is 2. The third-order valence-corrected chi connectivity index (χ3v) is 5.54. The molecule has 2 aromatic heterocycles. The zero-order valence-corrected chi connectivity index (χ0v) is 19.5. The van der Waals surface area contributed by atoms with E-state index in [1.54, 1.807) is 38.6 Å². The fourth-order valence-corrected chi connectivity index (χ4v) is 3.63. The average molecular weight is 456 g/mol. The van der Waals surface area contributed by atoms with Crippen LogP contribution >= 0.6 is 0 Å². The first kappa shape index (κ1) is 24.2. The van der Waals surface area contributed by atoms with Gasteiger partial charge in [0.05, 0.1) is 35.4 Å². The molecule has 0 aromatic carbocycles. The molecule has 10 nitrogen and oxygen atoms in total. The predicted molar refractivity (Wildman–Crippen MR) is 124 cm³/mol. The van der Waals surface area contributed by atoms with Gasteiger partial charge in [-0.1, -0.05) is 6.42 Å². The summed E-state index contributed by atoms with van der Waals surface area (Å²) in [5.41, 5.74) is 8.41. The summed E-state index contributed by atoms with van der Waals surface area (Å²) in [6, 6.07) is 5.39. The van der Waals surface area contributed by atoms with Crippen molar-refractivity contribution < 1.29 is 14.3 Å². The summed E-state index contributed by atoms with van der Waals surface area (Å²) >= 11 is 0. The maximum absolute atomic E-state index is 12.4. The molecule has 2 heterocycles. The van der Waals surface area contributed by atoms with E-state index in [1.807, 2.05) is 13.0 Å². The molecule has 0 radical (unpaired) electrons. The molecule has 1 fully saturated rings. The summed E-state index contributed by atoms with van der Waals surface area (Å²) in [6.07, 6.45) is 8.74. The van der Waals surface area contributed by atoms with E-state index in [-0.39, 0.29) is 19.3 Å². The second kappa shape index (κ2) is 11.5. The molecule has 0 spiro atoms. The Morgan fingerprint density at radius 1 is 1.15 bits per heavy atom. The van der Waals surface area contributed by atoms with Crippen LogP contribution in [0.2, 0.25) is 0 Å². The first-order valence-electron chi connectivity index (χ1n) is 11.1. The number of amides is 1. The van der Waals surface area contributed by atoms with Crippen molar-refractivity contribution >= 4 is 11.8 Å². The van der Waals surface area contributed by atoms with E-state index in [4.69, 9.17) is 21.1 Å². The van der Waals surface area contributed by atoms with Crippen molar-refractivity contribution in [1.29, 1.82) is 0 Å². The van der Waals surface area contributed by atoms with Gasteiger partial charge in [0.2, 0.25) is 0 Å². The van der Waals surface area contributed by atoms with Crippen LogP contribution < -0.4 is 16.3 Å². The lowest BCUT2D eigenvalue weighted by molar-refractivity contribution is 0.110. The lowest BCUT2D eigenvalue weighted by Crippen LogP contribution is -2.34. The van der Waals surface area contributed by atoms with Crippen molar-refractivity contribution in [2.24, 2.45) is 11.6 Å². The minimum Gasteiger partial charge on any atom is -0.489 e. The highest BCUT2D eigenvalue weighted by atomic mass is 16.6. The molecule has 0 bridgehead atoms. The zero-order chi connectivity index (χ0) is 23.8. The van der Waals surface area contributed by atoms with Gasteiger partial charge in [-0.15, -0.1) is 0 Å². The molecule has 1 aliphatic rings. The Hall–Kier alpha value is -3.40. The number of carbonyl (C=O) groups excluding carboxylic acids is 1. The zero-order valence-electron chi connectivity index (χ0n) is 19.5. The van der Waals surface area contributed by atoms with Gasteiger partial charge < -0.3 is 25.1 Å². The lowest BCUT2D eigenvalue weighted by atomic mass is 9.98. The van der Waals surface area contributed by atoms with Crippen LogP contribution in [0.15, 0.2) is 36.3 Å². The predicted octanol–water partition coefficient (Wildman–Crippen LogP) is 2.59. The van der Waals surface area contributed by atoms with Gasteiger partial charge in [-0.2, -0.15) is 0 Å². The number of nitrogens with zero attached hydrogens (tertiary/aromatic N) is 5. The van der Waals surface area contributed by atoms with Crippen LogP contribution in [0.5, 0.6) is 5.75 Å². The number of aryl methyl sites for hydroxylation is 1. The minimum atomic E-state index is -0.546. The van der Waals surface area contributed by atoms with Gasteiger partial charge in [-0.3, -0.25) is 0 Å². The van der Waals surface area contributed by atoms with E-state index in [2.05, 4.69) is 15.0 Å². The molecule has 0 unspecified atom stereocenters. The second-order valence-electron chi connectivity index (χ2n) is 8.20. The summed E-state index contributed by atoms with van der Waals surface area (Å²) < 4.78 is 11.6. The highest BCUT2D eigenvalue weighted by molar-refractivity contribution is 5.68. The highest BCUT2D eigenvalue weighted by Gasteiger charge is 2.19. The van der Waals surface area contributed by atoms with Crippen molar-refractivity contribution in [3.8, 4) is 5.75 Å². The number of nitrogens with two attached hydrogens (primary N) is 2. The summed E-state index contributed by atoms with van der Waals surface area (Å²) in [4.78, 5) is 26.6. The largest absolute Gasteiger partial charge is 0.489 e. The summed E-state index contributed by atoms with van der Waals surface area (Å²) in [5, 5.41) is 1.33.